The molecule has 2 aromatic rings. The van der Waals surface area contributed by atoms with E-state index in [9.17, 15) is 4.79 Å². The summed E-state index contributed by atoms with van der Waals surface area (Å²) in [6.07, 6.45) is 0.854. The number of hydrogen-bond acceptors (Lipinski definition) is 3. The van der Waals surface area contributed by atoms with E-state index in [1.165, 1.54) is 0 Å². The minimum atomic E-state index is 0.0284. The molecule has 1 aliphatic rings. The van der Waals surface area contributed by atoms with Gasteiger partial charge in [0, 0.05) is 18.7 Å². The molecule has 0 aliphatic carbocycles. The fourth-order valence-corrected chi connectivity index (χ4v) is 2.63. The van der Waals surface area contributed by atoms with Crippen molar-refractivity contribution in [3.8, 4) is 5.75 Å². The number of carbonyl (C=O) groups excluding carboxylic acids is 1. The Morgan fingerprint density at radius 3 is 2.71 bits per heavy atom. The maximum atomic E-state index is 12.7. The van der Waals surface area contributed by atoms with E-state index in [0.717, 1.165) is 23.2 Å². The SMILES string of the molecule is NCCOc1ccccc1N1CCc2ccccc2C1=O. The molecular formula is C17H18N2O2. The van der Waals surface area contributed by atoms with Gasteiger partial charge in [0.2, 0.25) is 0 Å². The molecule has 2 aromatic carbocycles. The van der Waals surface area contributed by atoms with Crippen molar-refractivity contribution in [1.29, 1.82) is 0 Å². The number of fused-ring (bicyclic) bond motifs is 1. The Morgan fingerprint density at radius 1 is 1.10 bits per heavy atom. The number of anilines is 1. The molecule has 0 saturated carbocycles. The molecule has 108 valence electrons. The summed E-state index contributed by atoms with van der Waals surface area (Å²) in [5.41, 5.74) is 8.19. The highest BCUT2D eigenvalue weighted by atomic mass is 16.5. The monoisotopic (exact) mass is 282 g/mol. The van der Waals surface area contributed by atoms with Crippen molar-refractivity contribution in [1.82, 2.24) is 0 Å². The fourth-order valence-electron chi connectivity index (χ4n) is 2.63. The van der Waals surface area contributed by atoms with Gasteiger partial charge in [-0.2, -0.15) is 0 Å². The molecule has 1 amide bonds. The van der Waals surface area contributed by atoms with Crippen LogP contribution in [0.1, 0.15) is 15.9 Å². The van der Waals surface area contributed by atoms with Gasteiger partial charge >= 0.3 is 0 Å². The first-order chi connectivity index (χ1) is 10.3. The van der Waals surface area contributed by atoms with Gasteiger partial charge in [-0.1, -0.05) is 30.3 Å². The number of benzene rings is 2. The lowest BCUT2D eigenvalue weighted by molar-refractivity contribution is 0.0979. The van der Waals surface area contributed by atoms with E-state index in [0.29, 0.717) is 25.4 Å². The van der Waals surface area contributed by atoms with Crippen molar-refractivity contribution in [3.05, 3.63) is 59.7 Å². The van der Waals surface area contributed by atoms with Gasteiger partial charge in [-0.25, -0.2) is 0 Å². The number of amides is 1. The highest BCUT2D eigenvalue weighted by Gasteiger charge is 2.26. The minimum absolute atomic E-state index is 0.0284. The highest BCUT2D eigenvalue weighted by molar-refractivity contribution is 6.08. The van der Waals surface area contributed by atoms with E-state index >= 15 is 0 Å². The first kappa shape index (κ1) is 13.6. The van der Waals surface area contributed by atoms with Crippen molar-refractivity contribution in [2.75, 3.05) is 24.6 Å². The topological polar surface area (TPSA) is 55.6 Å². The summed E-state index contributed by atoms with van der Waals surface area (Å²) in [5, 5.41) is 0. The molecule has 0 aromatic heterocycles. The second kappa shape index (κ2) is 5.97. The molecule has 0 atom stereocenters. The van der Waals surface area contributed by atoms with Gasteiger partial charge in [0.15, 0.2) is 0 Å². The number of rotatable bonds is 4. The van der Waals surface area contributed by atoms with Gasteiger partial charge in [0.05, 0.1) is 5.69 Å². The quantitative estimate of drug-likeness (QED) is 0.935. The van der Waals surface area contributed by atoms with E-state index in [-0.39, 0.29) is 5.91 Å². The van der Waals surface area contributed by atoms with Gasteiger partial charge in [0.1, 0.15) is 12.4 Å². The summed E-state index contributed by atoms with van der Waals surface area (Å²) in [7, 11) is 0. The summed E-state index contributed by atoms with van der Waals surface area (Å²) < 4.78 is 5.66. The third kappa shape index (κ3) is 2.62. The zero-order chi connectivity index (χ0) is 14.7. The van der Waals surface area contributed by atoms with E-state index in [1.807, 2.05) is 48.5 Å². The van der Waals surface area contributed by atoms with Crippen LogP contribution in [0.3, 0.4) is 0 Å². The maximum absolute atomic E-state index is 12.7. The lowest BCUT2D eigenvalue weighted by Gasteiger charge is -2.29. The molecule has 0 spiro atoms. The van der Waals surface area contributed by atoms with Crippen LogP contribution in [0.4, 0.5) is 5.69 Å². The van der Waals surface area contributed by atoms with Gasteiger partial charge < -0.3 is 15.4 Å². The van der Waals surface area contributed by atoms with Crippen molar-refractivity contribution < 1.29 is 9.53 Å². The summed E-state index contributed by atoms with van der Waals surface area (Å²) in [4.78, 5) is 14.5. The van der Waals surface area contributed by atoms with Crippen LogP contribution in [0.15, 0.2) is 48.5 Å². The number of ether oxygens (including phenoxy) is 1. The molecule has 0 fully saturated rings. The second-order valence-corrected chi connectivity index (χ2v) is 4.97. The molecule has 21 heavy (non-hydrogen) atoms. The van der Waals surface area contributed by atoms with Gasteiger partial charge in [-0.05, 0) is 30.2 Å². The summed E-state index contributed by atoms with van der Waals surface area (Å²) in [6.45, 7) is 1.56. The molecule has 1 aliphatic heterocycles. The Labute approximate surface area is 124 Å². The normalized spacial score (nSPS) is 14.0. The molecular weight excluding hydrogens is 264 g/mol. The van der Waals surface area contributed by atoms with Crippen LogP contribution in [0, 0.1) is 0 Å². The Hall–Kier alpha value is -2.33. The Balaban J connectivity index is 1.94. The predicted octanol–water partition coefficient (Wildman–Crippen LogP) is 2.23. The Kier molecular flexibility index (Phi) is 3.88. The number of para-hydroxylation sites is 2. The third-order valence-corrected chi connectivity index (χ3v) is 3.63. The Morgan fingerprint density at radius 2 is 1.86 bits per heavy atom. The van der Waals surface area contributed by atoms with E-state index < -0.39 is 0 Å². The number of nitrogens with zero attached hydrogens (tertiary/aromatic N) is 1. The molecule has 0 bridgehead atoms. The second-order valence-electron chi connectivity index (χ2n) is 4.97. The highest BCUT2D eigenvalue weighted by Crippen LogP contribution is 2.32. The van der Waals surface area contributed by atoms with Gasteiger partial charge in [0.25, 0.3) is 5.91 Å². The van der Waals surface area contributed by atoms with Crippen LogP contribution >= 0.6 is 0 Å². The molecule has 0 radical (unpaired) electrons. The fraction of sp³-hybridized carbons (Fsp3) is 0.235. The summed E-state index contributed by atoms with van der Waals surface area (Å²) in [5.74, 6) is 0.733. The maximum Gasteiger partial charge on any atom is 0.258 e. The van der Waals surface area contributed by atoms with Crippen molar-refractivity contribution in [2.45, 2.75) is 6.42 Å². The molecule has 3 rings (SSSR count). The van der Waals surface area contributed by atoms with Crippen LogP contribution in [-0.4, -0.2) is 25.6 Å². The number of carbonyl (C=O) groups is 1. The molecule has 4 nitrogen and oxygen atoms in total. The number of nitrogens with two attached hydrogens (primary N) is 1. The molecule has 2 N–H and O–H groups in total. The van der Waals surface area contributed by atoms with Crippen molar-refractivity contribution >= 4 is 11.6 Å². The van der Waals surface area contributed by atoms with Crippen molar-refractivity contribution in [3.63, 3.8) is 0 Å². The lowest BCUT2D eigenvalue weighted by atomic mass is 9.98. The van der Waals surface area contributed by atoms with Crippen LogP contribution in [-0.2, 0) is 6.42 Å². The van der Waals surface area contributed by atoms with Crippen molar-refractivity contribution in [2.24, 2.45) is 5.73 Å². The average molecular weight is 282 g/mol. The van der Waals surface area contributed by atoms with E-state index in [1.54, 1.807) is 4.90 Å². The Bertz CT molecular complexity index is 655. The zero-order valence-corrected chi connectivity index (χ0v) is 11.8. The van der Waals surface area contributed by atoms with E-state index in [2.05, 4.69) is 0 Å². The summed E-state index contributed by atoms with van der Waals surface area (Å²) in [6, 6.07) is 15.4. The lowest BCUT2D eigenvalue weighted by Crippen LogP contribution is -2.37. The first-order valence-corrected chi connectivity index (χ1v) is 7.13. The molecule has 0 unspecified atom stereocenters. The third-order valence-electron chi connectivity index (χ3n) is 3.63. The van der Waals surface area contributed by atoms with Crippen LogP contribution in [0.2, 0.25) is 0 Å². The predicted molar refractivity (Wildman–Crippen MR) is 82.8 cm³/mol. The average Bonchev–Trinajstić information content (AvgIpc) is 2.54. The number of hydrogen-bond donors (Lipinski definition) is 1. The first-order valence-electron chi connectivity index (χ1n) is 7.13. The molecule has 0 saturated heterocycles. The van der Waals surface area contributed by atoms with Crippen LogP contribution in [0.25, 0.3) is 0 Å². The largest absolute Gasteiger partial charge is 0.490 e. The molecule has 1 heterocycles. The van der Waals surface area contributed by atoms with E-state index in [4.69, 9.17) is 10.5 Å². The van der Waals surface area contributed by atoms with Crippen LogP contribution in [0.5, 0.6) is 5.75 Å². The standard InChI is InChI=1S/C17H18N2O2/c18-10-12-21-16-8-4-3-7-15(16)19-11-9-13-5-1-2-6-14(13)17(19)20/h1-8H,9-12,18H2. The minimum Gasteiger partial charge on any atom is -0.490 e. The van der Waals surface area contributed by atoms with Gasteiger partial charge in [-0.15, -0.1) is 0 Å². The van der Waals surface area contributed by atoms with Crippen LogP contribution < -0.4 is 15.4 Å². The molecule has 4 heteroatoms. The zero-order valence-electron chi connectivity index (χ0n) is 11.8. The van der Waals surface area contributed by atoms with Gasteiger partial charge in [-0.3, -0.25) is 4.79 Å². The summed E-state index contributed by atoms with van der Waals surface area (Å²) >= 11 is 0. The smallest absolute Gasteiger partial charge is 0.258 e.